The van der Waals surface area contributed by atoms with E-state index in [0.29, 0.717) is 0 Å². The highest BCUT2D eigenvalue weighted by atomic mass is 16.5. The van der Waals surface area contributed by atoms with Crippen molar-refractivity contribution in [2.24, 2.45) is 0 Å². The van der Waals surface area contributed by atoms with Crippen molar-refractivity contribution in [3.8, 4) is 22.6 Å². The second kappa shape index (κ2) is 9.86. The number of benzene rings is 2. The Morgan fingerprint density at radius 3 is 2.46 bits per heavy atom. The van der Waals surface area contributed by atoms with E-state index in [2.05, 4.69) is 56.8 Å². The maximum absolute atomic E-state index is 5.53. The third-order valence-corrected chi connectivity index (χ3v) is 4.54. The Balaban J connectivity index is 2.50. The van der Waals surface area contributed by atoms with E-state index >= 15 is 0 Å². The summed E-state index contributed by atoms with van der Waals surface area (Å²) in [5.74, 6) is 1.44. The fourth-order valence-electron chi connectivity index (χ4n) is 3.19. The molecule has 0 saturated heterocycles. The second-order valence-corrected chi connectivity index (χ2v) is 6.33. The van der Waals surface area contributed by atoms with E-state index in [9.17, 15) is 0 Å². The van der Waals surface area contributed by atoms with Crippen LogP contribution in [0.5, 0.6) is 11.5 Å². The summed E-state index contributed by atoms with van der Waals surface area (Å²) in [6.07, 6.45) is 8.75. The fourth-order valence-corrected chi connectivity index (χ4v) is 3.19. The van der Waals surface area contributed by atoms with Gasteiger partial charge in [-0.2, -0.15) is 0 Å². The summed E-state index contributed by atoms with van der Waals surface area (Å²) in [6, 6.07) is 12.9. The maximum Gasteiger partial charge on any atom is 0.167 e. The van der Waals surface area contributed by atoms with Gasteiger partial charge in [-0.15, -0.1) is 0 Å². The molecule has 0 heterocycles. The lowest BCUT2D eigenvalue weighted by Crippen LogP contribution is -1.94. The molecule has 2 aromatic rings. The minimum Gasteiger partial charge on any atom is -0.493 e. The molecule has 0 radical (unpaired) electrons. The molecule has 0 bridgehead atoms. The quantitative estimate of drug-likeness (QED) is 0.485. The van der Waals surface area contributed by atoms with Crippen LogP contribution < -0.4 is 9.47 Å². The first-order valence-corrected chi connectivity index (χ1v) is 9.36. The van der Waals surface area contributed by atoms with E-state index in [1.807, 2.05) is 6.07 Å². The van der Waals surface area contributed by atoms with Crippen molar-refractivity contribution in [3.05, 3.63) is 60.2 Å². The highest BCUT2D eigenvalue weighted by molar-refractivity contribution is 5.77. The highest BCUT2D eigenvalue weighted by Crippen LogP contribution is 2.37. The standard InChI is InChI=1S/C24H30O2/c1-6-9-12-19(11-7-2)20-13-10-14-21(16-20)22-15-18(8-3)24(26-5)23(17-22)25-4/h8,10-11,13-17H,3,6-7,9,12H2,1-2,4-5H3/b19-11-. The van der Waals surface area contributed by atoms with E-state index in [4.69, 9.17) is 9.47 Å². The van der Waals surface area contributed by atoms with E-state index < -0.39 is 0 Å². The second-order valence-electron chi connectivity index (χ2n) is 6.33. The van der Waals surface area contributed by atoms with Crippen molar-refractivity contribution in [2.75, 3.05) is 14.2 Å². The SMILES string of the molecule is C=Cc1cc(-c2cccc(/C(=C\CC)CCCC)c2)cc(OC)c1OC. The number of methoxy groups -OCH3 is 2. The number of rotatable bonds is 9. The monoisotopic (exact) mass is 350 g/mol. The molecule has 0 unspecified atom stereocenters. The summed E-state index contributed by atoms with van der Waals surface area (Å²) < 4.78 is 11.0. The predicted octanol–water partition coefficient (Wildman–Crippen LogP) is 7.00. The molecule has 0 saturated carbocycles. The van der Waals surface area contributed by atoms with Gasteiger partial charge in [0.2, 0.25) is 0 Å². The van der Waals surface area contributed by atoms with Gasteiger partial charge in [0, 0.05) is 5.56 Å². The van der Waals surface area contributed by atoms with Gasteiger partial charge in [-0.3, -0.25) is 0 Å². The van der Waals surface area contributed by atoms with Crippen LogP contribution in [0.25, 0.3) is 22.8 Å². The minimum absolute atomic E-state index is 0.719. The molecule has 0 aromatic heterocycles. The minimum atomic E-state index is 0.719. The number of ether oxygens (including phenoxy) is 2. The molecule has 0 aliphatic heterocycles. The predicted molar refractivity (Wildman–Crippen MR) is 113 cm³/mol. The summed E-state index contributed by atoms with van der Waals surface area (Å²) >= 11 is 0. The van der Waals surface area contributed by atoms with Gasteiger partial charge in [0.25, 0.3) is 0 Å². The molecule has 2 nitrogen and oxygen atoms in total. The van der Waals surface area contributed by atoms with Gasteiger partial charge >= 0.3 is 0 Å². The van der Waals surface area contributed by atoms with Crippen molar-refractivity contribution in [1.82, 2.24) is 0 Å². The van der Waals surface area contributed by atoms with Crippen LogP contribution in [-0.2, 0) is 0 Å². The molecule has 2 rings (SSSR count). The van der Waals surface area contributed by atoms with Crippen molar-refractivity contribution in [3.63, 3.8) is 0 Å². The topological polar surface area (TPSA) is 18.5 Å². The third kappa shape index (κ3) is 4.57. The van der Waals surface area contributed by atoms with Gasteiger partial charge in [-0.1, -0.05) is 57.2 Å². The summed E-state index contributed by atoms with van der Waals surface area (Å²) in [5, 5.41) is 0. The summed E-state index contributed by atoms with van der Waals surface area (Å²) in [4.78, 5) is 0. The molecular formula is C24H30O2. The van der Waals surface area contributed by atoms with E-state index in [0.717, 1.165) is 35.5 Å². The fraction of sp³-hybridized carbons (Fsp3) is 0.333. The average molecular weight is 351 g/mol. The summed E-state index contributed by atoms with van der Waals surface area (Å²) in [7, 11) is 3.32. The molecule has 0 aliphatic rings. The van der Waals surface area contributed by atoms with Gasteiger partial charge in [0.1, 0.15) is 0 Å². The van der Waals surface area contributed by atoms with Crippen LogP contribution >= 0.6 is 0 Å². The largest absolute Gasteiger partial charge is 0.493 e. The molecule has 26 heavy (non-hydrogen) atoms. The van der Waals surface area contributed by atoms with E-state index in [1.54, 1.807) is 20.3 Å². The van der Waals surface area contributed by atoms with Crippen molar-refractivity contribution in [2.45, 2.75) is 39.5 Å². The van der Waals surface area contributed by atoms with E-state index in [1.165, 1.54) is 29.5 Å². The highest BCUT2D eigenvalue weighted by Gasteiger charge is 2.12. The molecule has 2 aromatic carbocycles. The number of hydrogen-bond donors (Lipinski definition) is 0. The Morgan fingerprint density at radius 1 is 1.04 bits per heavy atom. The molecule has 0 N–H and O–H groups in total. The number of allylic oxidation sites excluding steroid dienone is 2. The lowest BCUT2D eigenvalue weighted by molar-refractivity contribution is 0.354. The third-order valence-electron chi connectivity index (χ3n) is 4.54. The Bertz CT molecular complexity index is 772. The molecular weight excluding hydrogens is 320 g/mol. The normalized spacial score (nSPS) is 11.3. The van der Waals surface area contributed by atoms with Gasteiger partial charge in [-0.25, -0.2) is 0 Å². The average Bonchev–Trinajstić information content (AvgIpc) is 2.69. The zero-order chi connectivity index (χ0) is 18.9. The van der Waals surface area contributed by atoms with Crippen LogP contribution in [0.3, 0.4) is 0 Å². The number of hydrogen-bond acceptors (Lipinski definition) is 2. The molecule has 0 atom stereocenters. The maximum atomic E-state index is 5.53. The zero-order valence-electron chi connectivity index (χ0n) is 16.5. The van der Waals surface area contributed by atoms with Crippen molar-refractivity contribution < 1.29 is 9.47 Å². The van der Waals surface area contributed by atoms with Crippen molar-refractivity contribution >= 4 is 11.6 Å². The molecule has 0 aliphatic carbocycles. The molecule has 2 heteroatoms. The molecule has 0 fully saturated rings. The lowest BCUT2D eigenvalue weighted by atomic mass is 9.94. The zero-order valence-corrected chi connectivity index (χ0v) is 16.5. The first-order chi connectivity index (χ1) is 12.7. The van der Waals surface area contributed by atoms with Gasteiger partial charge < -0.3 is 9.47 Å². The Labute approximate surface area is 158 Å². The van der Waals surface area contributed by atoms with Crippen LogP contribution in [0, 0.1) is 0 Å². The van der Waals surface area contributed by atoms with Crippen LogP contribution in [0.4, 0.5) is 0 Å². The van der Waals surface area contributed by atoms with Gasteiger partial charge in [0.05, 0.1) is 14.2 Å². The van der Waals surface area contributed by atoms with Crippen LogP contribution in [0.2, 0.25) is 0 Å². The smallest absolute Gasteiger partial charge is 0.167 e. The van der Waals surface area contributed by atoms with Gasteiger partial charge in [-0.05, 0) is 59.7 Å². The van der Waals surface area contributed by atoms with Crippen molar-refractivity contribution in [1.29, 1.82) is 0 Å². The van der Waals surface area contributed by atoms with Crippen LogP contribution in [-0.4, -0.2) is 14.2 Å². The first-order valence-electron chi connectivity index (χ1n) is 9.36. The van der Waals surface area contributed by atoms with Crippen LogP contribution in [0.15, 0.2) is 49.1 Å². The molecule has 0 amide bonds. The molecule has 138 valence electrons. The Kier molecular flexibility index (Phi) is 7.53. The first kappa shape index (κ1) is 19.8. The number of unbranched alkanes of at least 4 members (excludes halogenated alkanes) is 1. The Hall–Kier alpha value is -2.48. The molecule has 0 spiro atoms. The van der Waals surface area contributed by atoms with Crippen LogP contribution in [0.1, 0.15) is 50.7 Å². The van der Waals surface area contributed by atoms with Gasteiger partial charge in [0.15, 0.2) is 11.5 Å². The Morgan fingerprint density at radius 2 is 1.85 bits per heavy atom. The summed E-state index contributed by atoms with van der Waals surface area (Å²) in [5.41, 5.74) is 5.94. The lowest BCUT2D eigenvalue weighted by Gasteiger charge is -2.14. The summed E-state index contributed by atoms with van der Waals surface area (Å²) in [6.45, 7) is 8.34. The van der Waals surface area contributed by atoms with E-state index in [-0.39, 0.29) is 0 Å².